The van der Waals surface area contributed by atoms with Crippen molar-refractivity contribution in [2.24, 2.45) is 5.92 Å². The van der Waals surface area contributed by atoms with E-state index in [9.17, 15) is 31.3 Å². The number of benzene rings is 1. The van der Waals surface area contributed by atoms with Gasteiger partial charge < -0.3 is 14.9 Å². The molecule has 1 aromatic heterocycles. The van der Waals surface area contributed by atoms with E-state index in [1.807, 2.05) is 20.8 Å². The van der Waals surface area contributed by atoms with Crippen LogP contribution in [0, 0.1) is 5.92 Å². The fraction of sp³-hybridized carbons (Fsp3) is 0.667. The molecule has 1 aromatic carbocycles. The van der Waals surface area contributed by atoms with Gasteiger partial charge >= 0.3 is 0 Å². The van der Waals surface area contributed by atoms with Crippen molar-refractivity contribution in [1.29, 1.82) is 0 Å². The minimum Gasteiger partial charge on any atom is -0.598 e. The monoisotopic (exact) mass is 536 g/mol. The number of hydrogen-bond acceptors (Lipinski definition) is 4. The number of imidazole rings is 1. The highest BCUT2D eigenvalue weighted by Crippen LogP contribution is 2.42. The summed E-state index contributed by atoms with van der Waals surface area (Å²) >= 11 is -1.48. The molecule has 1 saturated carbocycles. The Labute approximate surface area is 210 Å². The molecule has 3 unspecified atom stereocenters. The Morgan fingerprint density at radius 2 is 1.92 bits per heavy atom. The summed E-state index contributed by atoms with van der Waals surface area (Å²) in [6.45, 7) is 5.40. The van der Waals surface area contributed by atoms with Gasteiger partial charge in [0.25, 0.3) is 5.91 Å². The smallest absolute Gasteiger partial charge is 0.258 e. The highest BCUT2D eigenvalue weighted by atomic mass is 32.2. The van der Waals surface area contributed by atoms with Gasteiger partial charge in [-0.15, -0.1) is 4.72 Å². The van der Waals surface area contributed by atoms with Gasteiger partial charge in [-0.25, -0.2) is 26.9 Å². The summed E-state index contributed by atoms with van der Waals surface area (Å²) < 4.78 is 82.2. The predicted octanol–water partition coefficient (Wildman–Crippen LogP) is 5.30. The zero-order chi connectivity index (χ0) is 26.8. The van der Waals surface area contributed by atoms with Crippen molar-refractivity contribution in [1.82, 2.24) is 20.0 Å². The Balaban J connectivity index is 1.84. The third-order valence-electron chi connectivity index (χ3n) is 6.42. The third-order valence-corrected chi connectivity index (χ3v) is 8.00. The fourth-order valence-corrected chi connectivity index (χ4v) is 5.03. The summed E-state index contributed by atoms with van der Waals surface area (Å²) in [5.41, 5.74) is 1.70. The molecule has 202 valence electrons. The van der Waals surface area contributed by atoms with E-state index in [0.717, 1.165) is 0 Å². The molecule has 0 spiro atoms. The Bertz CT molecular complexity index is 1040. The van der Waals surface area contributed by atoms with E-state index in [1.165, 1.54) is 0 Å². The normalized spacial score (nSPS) is 21.1. The Hall–Kier alpha value is -1.92. The van der Waals surface area contributed by atoms with Crippen molar-refractivity contribution in [3.8, 4) is 0 Å². The van der Waals surface area contributed by atoms with Gasteiger partial charge in [-0.3, -0.25) is 4.79 Å². The van der Waals surface area contributed by atoms with Crippen LogP contribution in [-0.2, 0) is 16.2 Å². The van der Waals surface area contributed by atoms with E-state index in [2.05, 4.69) is 20.0 Å². The summed E-state index contributed by atoms with van der Waals surface area (Å²) in [4.78, 5) is 19.7. The Morgan fingerprint density at radius 1 is 1.28 bits per heavy atom. The molecule has 3 rings (SSSR count). The van der Waals surface area contributed by atoms with Crippen LogP contribution in [0.3, 0.4) is 0 Å². The average Bonchev–Trinajstić information content (AvgIpc) is 3.24. The van der Waals surface area contributed by atoms with Crippen LogP contribution in [-0.4, -0.2) is 50.1 Å². The van der Waals surface area contributed by atoms with Crippen LogP contribution >= 0.6 is 0 Å². The SMILES string of the molecule is C[C@H](NC(=O)C(F)C(F)CF)c1ccc2nc([C@@H](N[S+]([O-])C(C)(C)C)C3CCC(F)(F)CC3)[nH]c2c1. The van der Waals surface area contributed by atoms with Crippen molar-refractivity contribution in [3.05, 3.63) is 29.6 Å². The van der Waals surface area contributed by atoms with Gasteiger partial charge in [0.2, 0.25) is 12.1 Å². The lowest BCUT2D eigenvalue weighted by atomic mass is 9.82. The number of carbonyl (C=O) groups is 1. The van der Waals surface area contributed by atoms with Crippen LogP contribution in [0.15, 0.2) is 18.2 Å². The maximum atomic E-state index is 13.8. The molecule has 1 fully saturated rings. The van der Waals surface area contributed by atoms with Crippen LogP contribution in [0.2, 0.25) is 0 Å². The van der Waals surface area contributed by atoms with E-state index in [-0.39, 0.29) is 31.6 Å². The lowest BCUT2D eigenvalue weighted by Crippen LogP contribution is -2.44. The minimum absolute atomic E-state index is 0.209. The van der Waals surface area contributed by atoms with E-state index < -0.39 is 59.0 Å². The topological polar surface area (TPSA) is 92.9 Å². The maximum Gasteiger partial charge on any atom is 0.258 e. The second-order valence-corrected chi connectivity index (χ2v) is 12.4. The number of alkyl halides is 5. The van der Waals surface area contributed by atoms with Gasteiger partial charge in [0.1, 0.15) is 23.3 Å². The average molecular weight is 537 g/mol. The van der Waals surface area contributed by atoms with Crippen LogP contribution in [0.25, 0.3) is 11.0 Å². The highest BCUT2D eigenvalue weighted by Gasteiger charge is 2.41. The quantitative estimate of drug-likeness (QED) is 0.299. The highest BCUT2D eigenvalue weighted by molar-refractivity contribution is 7.90. The number of nitrogens with zero attached hydrogens (tertiary/aromatic N) is 1. The first kappa shape index (κ1) is 28.6. The van der Waals surface area contributed by atoms with Gasteiger partial charge in [-0.1, -0.05) is 6.07 Å². The molecule has 0 aliphatic heterocycles. The van der Waals surface area contributed by atoms with E-state index in [1.54, 1.807) is 25.1 Å². The zero-order valence-corrected chi connectivity index (χ0v) is 21.5. The molecule has 5 atom stereocenters. The molecule has 0 bridgehead atoms. The van der Waals surface area contributed by atoms with E-state index in [4.69, 9.17) is 0 Å². The summed E-state index contributed by atoms with van der Waals surface area (Å²) in [5, 5.41) is 2.33. The predicted molar refractivity (Wildman–Crippen MR) is 129 cm³/mol. The molecule has 1 aliphatic carbocycles. The lowest BCUT2D eigenvalue weighted by molar-refractivity contribution is -0.129. The zero-order valence-electron chi connectivity index (χ0n) is 20.7. The number of hydrogen-bond donors (Lipinski definition) is 3. The summed E-state index contributed by atoms with van der Waals surface area (Å²) in [5.74, 6) is -3.71. The van der Waals surface area contributed by atoms with Gasteiger partial charge in [0.05, 0.1) is 17.1 Å². The lowest BCUT2D eigenvalue weighted by Gasteiger charge is -2.35. The number of nitrogens with one attached hydrogen (secondary N) is 3. The molecular weight excluding hydrogens is 503 g/mol. The molecule has 0 saturated heterocycles. The molecule has 12 heteroatoms. The molecule has 2 aromatic rings. The first-order chi connectivity index (χ1) is 16.7. The standard InChI is InChI=1S/C24H33F5N4O2S/c1-13(30-22(34)19(27)16(26)12-25)15-5-6-17-18(11-15)32-21(31-17)20(33-36(35)23(2,3)4)14-7-9-24(28,29)10-8-14/h5-6,11,13-14,16,19-20,33H,7-10,12H2,1-4H3,(H,30,34)(H,31,32)/t13-,16?,19?,20-,36?/m0/s1. The Morgan fingerprint density at radius 3 is 2.50 bits per heavy atom. The first-order valence-corrected chi connectivity index (χ1v) is 13.1. The Kier molecular flexibility index (Phi) is 8.93. The van der Waals surface area contributed by atoms with Crippen molar-refractivity contribution in [3.63, 3.8) is 0 Å². The number of fused-ring (bicyclic) bond motifs is 1. The molecule has 36 heavy (non-hydrogen) atoms. The second-order valence-electron chi connectivity index (χ2n) is 10.4. The largest absolute Gasteiger partial charge is 0.598 e. The number of amides is 1. The summed E-state index contributed by atoms with van der Waals surface area (Å²) in [7, 11) is 0. The van der Waals surface area contributed by atoms with Gasteiger partial charge in [0.15, 0.2) is 6.17 Å². The van der Waals surface area contributed by atoms with Crippen LogP contribution in [0.5, 0.6) is 0 Å². The van der Waals surface area contributed by atoms with E-state index >= 15 is 0 Å². The number of halogens is 5. The van der Waals surface area contributed by atoms with Crippen LogP contribution in [0.1, 0.15) is 76.8 Å². The minimum atomic E-state index is -2.71. The van der Waals surface area contributed by atoms with Gasteiger partial charge in [-0.05, 0) is 64.2 Å². The number of rotatable bonds is 9. The van der Waals surface area contributed by atoms with Crippen LogP contribution in [0.4, 0.5) is 22.0 Å². The van der Waals surface area contributed by atoms with Crippen molar-refractivity contribution in [2.45, 2.75) is 88.5 Å². The molecule has 3 N–H and O–H groups in total. The summed E-state index contributed by atoms with van der Waals surface area (Å²) in [6, 6.07) is 3.75. The van der Waals surface area contributed by atoms with E-state index in [0.29, 0.717) is 22.4 Å². The van der Waals surface area contributed by atoms with Crippen molar-refractivity contribution < 1.29 is 31.3 Å². The molecule has 0 radical (unpaired) electrons. The summed E-state index contributed by atoms with van der Waals surface area (Å²) in [6.07, 6.45) is -5.16. The molecule has 1 aliphatic rings. The number of aromatic nitrogens is 2. The fourth-order valence-electron chi connectivity index (χ4n) is 4.15. The first-order valence-electron chi connectivity index (χ1n) is 11.9. The third kappa shape index (κ3) is 6.89. The number of H-pyrrole nitrogens is 1. The van der Waals surface area contributed by atoms with Crippen LogP contribution < -0.4 is 10.0 Å². The van der Waals surface area contributed by atoms with Crippen molar-refractivity contribution in [2.75, 3.05) is 6.67 Å². The molecule has 1 heterocycles. The van der Waals surface area contributed by atoms with Gasteiger partial charge in [0, 0.05) is 24.2 Å². The molecule has 6 nitrogen and oxygen atoms in total. The van der Waals surface area contributed by atoms with Gasteiger partial charge in [-0.2, -0.15) is 0 Å². The number of aromatic amines is 1. The number of carbonyl (C=O) groups excluding carboxylic acids is 1. The molecule has 1 amide bonds. The van der Waals surface area contributed by atoms with Crippen molar-refractivity contribution >= 4 is 28.3 Å². The molecular formula is C24H33F5N4O2S. The maximum absolute atomic E-state index is 13.8. The second kappa shape index (κ2) is 11.2.